The molecule has 7 heteroatoms. The molecule has 2 aromatic rings. The predicted octanol–water partition coefficient (Wildman–Crippen LogP) is 4.10. The van der Waals surface area contributed by atoms with Crippen LogP contribution in [-0.4, -0.2) is 31.4 Å². The number of hydrogen-bond acceptors (Lipinski definition) is 4. The second kappa shape index (κ2) is 8.49. The highest BCUT2D eigenvalue weighted by molar-refractivity contribution is 6.00. The van der Waals surface area contributed by atoms with Crippen LogP contribution in [-0.2, 0) is 14.4 Å². The van der Waals surface area contributed by atoms with Crippen molar-refractivity contribution in [1.29, 1.82) is 0 Å². The molecule has 0 spiro atoms. The van der Waals surface area contributed by atoms with Crippen LogP contribution in [0.5, 0.6) is 5.75 Å². The summed E-state index contributed by atoms with van der Waals surface area (Å²) in [5, 5.41) is 0. The summed E-state index contributed by atoms with van der Waals surface area (Å²) in [5.41, 5.74) is 1.08. The Hall–Kier alpha value is -3.22. The summed E-state index contributed by atoms with van der Waals surface area (Å²) in [5.74, 6) is -1.76. The molecule has 1 aliphatic heterocycles. The van der Waals surface area contributed by atoms with Crippen molar-refractivity contribution in [3.05, 3.63) is 53.8 Å². The Morgan fingerprint density at radius 1 is 1.13 bits per heavy atom. The Labute approximate surface area is 181 Å². The van der Waals surface area contributed by atoms with E-state index in [1.165, 1.54) is 11.0 Å². The third-order valence-corrected chi connectivity index (χ3v) is 5.24. The van der Waals surface area contributed by atoms with Gasteiger partial charge in [-0.15, -0.1) is 0 Å². The average molecular weight is 426 g/mol. The minimum atomic E-state index is -0.682. The maximum Gasteiger partial charge on any atom is 0.316 e. The quantitative estimate of drug-likeness (QED) is 0.545. The van der Waals surface area contributed by atoms with Gasteiger partial charge in [-0.2, -0.15) is 0 Å². The van der Waals surface area contributed by atoms with Crippen LogP contribution in [0.15, 0.2) is 42.5 Å². The molecule has 0 saturated carbocycles. The Morgan fingerprint density at radius 3 is 2.35 bits per heavy atom. The molecule has 1 aliphatic rings. The molecular formula is C24H27FN2O4. The lowest BCUT2D eigenvalue weighted by Crippen LogP contribution is -2.36. The summed E-state index contributed by atoms with van der Waals surface area (Å²) in [6.45, 7) is 7.36. The van der Waals surface area contributed by atoms with Crippen molar-refractivity contribution in [2.45, 2.75) is 34.1 Å². The number of nitrogens with zero attached hydrogens (tertiary/aromatic N) is 2. The first-order chi connectivity index (χ1) is 14.5. The summed E-state index contributed by atoms with van der Waals surface area (Å²) < 4.78 is 19.7. The smallest absolute Gasteiger partial charge is 0.316 e. The van der Waals surface area contributed by atoms with E-state index in [4.69, 9.17) is 4.74 Å². The van der Waals surface area contributed by atoms with Crippen LogP contribution >= 0.6 is 0 Å². The van der Waals surface area contributed by atoms with Gasteiger partial charge in [0.25, 0.3) is 0 Å². The maximum absolute atomic E-state index is 14.2. The van der Waals surface area contributed by atoms with Crippen molar-refractivity contribution in [2.24, 2.45) is 11.3 Å². The third kappa shape index (κ3) is 4.93. The zero-order valence-corrected chi connectivity index (χ0v) is 18.4. The lowest BCUT2D eigenvalue weighted by molar-refractivity contribution is -0.139. The van der Waals surface area contributed by atoms with Gasteiger partial charge in [-0.3, -0.25) is 14.4 Å². The number of halogens is 1. The number of hydrogen-bond donors (Lipinski definition) is 0. The molecule has 31 heavy (non-hydrogen) atoms. The molecular weight excluding hydrogens is 399 g/mol. The number of amides is 2. The fourth-order valence-electron chi connectivity index (χ4n) is 3.49. The van der Waals surface area contributed by atoms with E-state index in [2.05, 4.69) is 0 Å². The first-order valence-electron chi connectivity index (χ1n) is 10.1. The summed E-state index contributed by atoms with van der Waals surface area (Å²) in [6, 6.07) is 11.2. The van der Waals surface area contributed by atoms with Gasteiger partial charge in [0, 0.05) is 31.1 Å². The molecule has 164 valence electrons. The van der Waals surface area contributed by atoms with Crippen LogP contribution in [0.3, 0.4) is 0 Å². The zero-order chi connectivity index (χ0) is 22.9. The monoisotopic (exact) mass is 426 g/mol. The van der Waals surface area contributed by atoms with E-state index >= 15 is 0 Å². The molecule has 0 N–H and O–H groups in total. The number of rotatable bonds is 4. The highest BCUT2D eigenvalue weighted by Crippen LogP contribution is 2.30. The van der Waals surface area contributed by atoms with Crippen LogP contribution < -0.4 is 14.5 Å². The lowest BCUT2D eigenvalue weighted by atomic mass is 9.95. The van der Waals surface area contributed by atoms with Crippen LogP contribution in [0.1, 0.15) is 32.8 Å². The van der Waals surface area contributed by atoms with E-state index in [9.17, 15) is 18.8 Å². The van der Waals surface area contributed by atoms with Crippen LogP contribution in [0.25, 0.3) is 0 Å². The van der Waals surface area contributed by atoms with Crippen molar-refractivity contribution >= 4 is 29.2 Å². The average Bonchev–Trinajstić information content (AvgIpc) is 3.08. The summed E-state index contributed by atoms with van der Waals surface area (Å²) in [6.07, 6.45) is -0.0347. The Bertz CT molecular complexity index is 1010. The van der Waals surface area contributed by atoms with E-state index in [1.54, 1.807) is 55.3 Å². The summed E-state index contributed by atoms with van der Waals surface area (Å²) in [4.78, 5) is 40.2. The Balaban J connectivity index is 1.65. The molecule has 6 nitrogen and oxygen atoms in total. The molecule has 1 fully saturated rings. The molecule has 3 rings (SSSR count). The minimum Gasteiger partial charge on any atom is -0.426 e. The highest BCUT2D eigenvalue weighted by Gasteiger charge is 2.37. The molecule has 2 aromatic carbocycles. The second-order valence-corrected chi connectivity index (χ2v) is 8.89. The first kappa shape index (κ1) is 22.5. The van der Waals surface area contributed by atoms with Gasteiger partial charge in [0.05, 0.1) is 11.6 Å². The number of anilines is 2. The normalized spacial score (nSPS) is 16.4. The van der Waals surface area contributed by atoms with E-state index < -0.39 is 23.1 Å². The number of aryl methyl sites for hydroxylation is 1. The molecule has 1 unspecified atom stereocenters. The largest absolute Gasteiger partial charge is 0.426 e. The Morgan fingerprint density at radius 2 is 1.77 bits per heavy atom. The van der Waals surface area contributed by atoms with Gasteiger partial charge < -0.3 is 14.5 Å². The van der Waals surface area contributed by atoms with Gasteiger partial charge >= 0.3 is 5.97 Å². The van der Waals surface area contributed by atoms with Crippen LogP contribution in [0, 0.1) is 24.1 Å². The van der Waals surface area contributed by atoms with E-state index in [1.807, 2.05) is 20.8 Å². The number of benzene rings is 2. The van der Waals surface area contributed by atoms with Crippen molar-refractivity contribution in [3.63, 3.8) is 0 Å². The molecule has 1 saturated heterocycles. The van der Waals surface area contributed by atoms with E-state index in [0.29, 0.717) is 11.4 Å². The molecule has 1 heterocycles. The van der Waals surface area contributed by atoms with Crippen LogP contribution in [0.4, 0.5) is 15.8 Å². The zero-order valence-electron chi connectivity index (χ0n) is 18.4. The molecule has 0 radical (unpaired) electrons. The van der Waals surface area contributed by atoms with E-state index in [-0.39, 0.29) is 30.5 Å². The number of carbonyl (C=O) groups is 3. The lowest BCUT2D eigenvalue weighted by Gasteiger charge is -2.26. The van der Waals surface area contributed by atoms with Gasteiger partial charge in [0.2, 0.25) is 11.8 Å². The van der Waals surface area contributed by atoms with Gasteiger partial charge in [-0.05, 0) is 48.9 Å². The number of ether oxygens (including phenoxy) is 1. The number of carbonyl (C=O) groups excluding carboxylic acids is 3. The summed E-state index contributed by atoms with van der Waals surface area (Å²) in [7, 11) is 1.69. The SMILES string of the molecule is Cc1ccc(N2CC(C(=O)Oc3ccc(N(C)C(=O)C(C)(C)C)cc3)CC2=O)c(F)c1. The summed E-state index contributed by atoms with van der Waals surface area (Å²) >= 11 is 0. The van der Waals surface area contributed by atoms with Gasteiger partial charge in [-0.1, -0.05) is 26.8 Å². The van der Waals surface area contributed by atoms with Crippen molar-refractivity contribution in [2.75, 3.05) is 23.4 Å². The fraction of sp³-hybridized carbons (Fsp3) is 0.375. The standard InChI is InChI=1S/C24H27FN2O4/c1-15-6-11-20(19(25)12-15)27-14-16(13-21(27)28)22(29)31-18-9-7-17(8-10-18)26(5)23(30)24(2,3)4/h6-12,16H,13-14H2,1-5H3. The van der Waals surface area contributed by atoms with Gasteiger partial charge in [-0.25, -0.2) is 4.39 Å². The fourth-order valence-corrected chi connectivity index (χ4v) is 3.49. The molecule has 0 aromatic heterocycles. The Kier molecular flexibility index (Phi) is 6.15. The minimum absolute atomic E-state index is 0.0347. The molecule has 1 atom stereocenters. The topological polar surface area (TPSA) is 66.9 Å². The molecule has 0 bridgehead atoms. The van der Waals surface area contributed by atoms with Crippen LogP contribution in [0.2, 0.25) is 0 Å². The first-order valence-corrected chi connectivity index (χ1v) is 10.1. The number of esters is 1. The third-order valence-electron chi connectivity index (χ3n) is 5.24. The molecule has 2 amide bonds. The molecule has 0 aliphatic carbocycles. The van der Waals surface area contributed by atoms with Crippen molar-refractivity contribution in [1.82, 2.24) is 0 Å². The van der Waals surface area contributed by atoms with Crippen molar-refractivity contribution in [3.8, 4) is 5.75 Å². The second-order valence-electron chi connectivity index (χ2n) is 8.89. The van der Waals surface area contributed by atoms with Gasteiger partial charge in [0.1, 0.15) is 11.6 Å². The van der Waals surface area contributed by atoms with Crippen molar-refractivity contribution < 1.29 is 23.5 Å². The van der Waals surface area contributed by atoms with E-state index in [0.717, 1.165) is 5.56 Å². The highest BCUT2D eigenvalue weighted by atomic mass is 19.1. The van der Waals surface area contributed by atoms with Gasteiger partial charge in [0.15, 0.2) is 0 Å². The predicted molar refractivity (Wildman–Crippen MR) is 117 cm³/mol. The maximum atomic E-state index is 14.2.